The van der Waals surface area contributed by atoms with Gasteiger partial charge in [0.2, 0.25) is 0 Å². The summed E-state index contributed by atoms with van der Waals surface area (Å²) in [5.74, 6) is 1.01. The van der Waals surface area contributed by atoms with Crippen LogP contribution in [-0.2, 0) is 25.9 Å². The number of fused-ring (bicyclic) bond motifs is 2. The highest BCUT2D eigenvalue weighted by Crippen LogP contribution is 2.39. The van der Waals surface area contributed by atoms with E-state index in [0.29, 0.717) is 47.3 Å². The second-order valence-electron chi connectivity index (χ2n) is 7.93. The number of amides is 1. The van der Waals surface area contributed by atoms with Crippen molar-refractivity contribution in [3.63, 3.8) is 0 Å². The van der Waals surface area contributed by atoms with Gasteiger partial charge in [-0.3, -0.25) is 14.1 Å². The molecule has 34 heavy (non-hydrogen) atoms. The first-order chi connectivity index (χ1) is 16.4. The maximum absolute atomic E-state index is 13.2. The summed E-state index contributed by atoms with van der Waals surface area (Å²) in [5.41, 5.74) is 2.07. The number of amidine groups is 1. The summed E-state index contributed by atoms with van der Waals surface area (Å²) >= 11 is 1.37. The number of para-hydroxylation sites is 1. The van der Waals surface area contributed by atoms with Crippen molar-refractivity contribution in [2.75, 3.05) is 25.1 Å². The van der Waals surface area contributed by atoms with Gasteiger partial charge in [0.05, 0.1) is 30.8 Å². The third kappa shape index (κ3) is 3.97. The van der Waals surface area contributed by atoms with Gasteiger partial charge in [-0.25, -0.2) is 8.42 Å². The summed E-state index contributed by atoms with van der Waals surface area (Å²) in [7, 11) is -0.533. The number of nitrogens with one attached hydrogen (secondary N) is 1. The Kier molecular flexibility index (Phi) is 5.86. The van der Waals surface area contributed by atoms with Crippen molar-refractivity contribution in [1.29, 1.82) is 0 Å². The molecule has 0 spiro atoms. The van der Waals surface area contributed by atoms with Crippen LogP contribution >= 0.6 is 11.8 Å². The second-order valence-corrected chi connectivity index (χ2v) is 10.9. The first-order valence-electron chi connectivity index (χ1n) is 10.7. The number of methoxy groups -OCH3 is 2. The van der Waals surface area contributed by atoms with Crippen molar-refractivity contribution in [1.82, 2.24) is 5.32 Å². The van der Waals surface area contributed by atoms with Crippen LogP contribution in [0.15, 0.2) is 80.9 Å². The highest BCUT2D eigenvalue weighted by atomic mass is 32.2. The molecule has 0 aromatic heterocycles. The van der Waals surface area contributed by atoms with E-state index in [4.69, 9.17) is 9.47 Å². The number of benzene rings is 2. The fourth-order valence-electron chi connectivity index (χ4n) is 4.22. The molecule has 2 heterocycles. The highest BCUT2D eigenvalue weighted by Gasteiger charge is 2.33. The SMILES string of the molecule is COC1=C(OC)CC2N=C(NC(=O)c3ccc(S(=O)(=O)N4CCc5ccccc54)cc3)SC2=C1. The van der Waals surface area contributed by atoms with E-state index in [9.17, 15) is 13.2 Å². The number of carbonyl (C=O) groups is 1. The van der Waals surface area contributed by atoms with Crippen LogP contribution in [0.4, 0.5) is 5.69 Å². The Morgan fingerprint density at radius 1 is 1.12 bits per heavy atom. The van der Waals surface area contributed by atoms with Gasteiger partial charge in [-0.2, -0.15) is 0 Å². The Labute approximate surface area is 202 Å². The van der Waals surface area contributed by atoms with Crippen molar-refractivity contribution in [3.05, 3.63) is 82.2 Å². The normalized spacial score (nSPS) is 19.2. The van der Waals surface area contributed by atoms with E-state index in [2.05, 4.69) is 10.3 Å². The van der Waals surface area contributed by atoms with Crippen molar-refractivity contribution >= 4 is 38.5 Å². The quantitative estimate of drug-likeness (QED) is 0.680. The predicted octanol–water partition coefficient (Wildman–Crippen LogP) is 3.43. The first kappa shape index (κ1) is 22.5. The Bertz CT molecular complexity index is 1350. The number of ether oxygens (including phenoxy) is 2. The lowest BCUT2D eigenvalue weighted by molar-refractivity contribution is 0.0978. The van der Waals surface area contributed by atoms with Crippen LogP contribution in [0.1, 0.15) is 22.3 Å². The third-order valence-electron chi connectivity index (χ3n) is 5.98. The zero-order chi connectivity index (χ0) is 23.9. The van der Waals surface area contributed by atoms with E-state index in [0.717, 1.165) is 10.5 Å². The molecule has 2 aromatic carbocycles. The van der Waals surface area contributed by atoms with Crippen LogP contribution in [0.25, 0.3) is 0 Å². The van der Waals surface area contributed by atoms with Crippen molar-refractivity contribution < 1.29 is 22.7 Å². The monoisotopic (exact) mass is 497 g/mol. The van der Waals surface area contributed by atoms with E-state index in [1.54, 1.807) is 14.2 Å². The molecule has 0 saturated carbocycles. The summed E-state index contributed by atoms with van der Waals surface area (Å²) in [4.78, 5) is 18.5. The fourth-order valence-corrected chi connectivity index (χ4v) is 6.70. The number of aliphatic imine (C=N–C) groups is 1. The number of allylic oxidation sites excluding steroid dienone is 1. The molecule has 1 amide bonds. The predicted molar refractivity (Wildman–Crippen MR) is 131 cm³/mol. The molecule has 1 atom stereocenters. The number of anilines is 1. The minimum absolute atomic E-state index is 0.120. The lowest BCUT2D eigenvalue weighted by Gasteiger charge is -2.19. The molecular weight excluding hydrogens is 474 g/mol. The van der Waals surface area contributed by atoms with Crippen LogP contribution in [0.5, 0.6) is 0 Å². The van der Waals surface area contributed by atoms with E-state index in [-0.39, 0.29) is 16.8 Å². The molecule has 176 valence electrons. The number of rotatable bonds is 5. The maximum atomic E-state index is 13.2. The van der Waals surface area contributed by atoms with Gasteiger partial charge in [-0.05, 0) is 48.4 Å². The molecule has 10 heteroatoms. The number of hydrogen-bond acceptors (Lipinski definition) is 7. The summed E-state index contributed by atoms with van der Waals surface area (Å²) in [6.07, 6.45) is 3.11. The Hall–Kier alpha value is -3.24. The summed E-state index contributed by atoms with van der Waals surface area (Å²) in [5, 5.41) is 3.30. The van der Waals surface area contributed by atoms with Crippen LogP contribution < -0.4 is 9.62 Å². The molecule has 5 rings (SSSR count). The molecule has 0 saturated heterocycles. The van der Waals surface area contributed by atoms with Gasteiger partial charge < -0.3 is 14.8 Å². The van der Waals surface area contributed by atoms with Crippen LogP contribution in [-0.4, -0.2) is 46.3 Å². The van der Waals surface area contributed by atoms with Gasteiger partial charge in [-0.15, -0.1) is 0 Å². The van der Waals surface area contributed by atoms with E-state index in [1.165, 1.54) is 40.3 Å². The zero-order valence-corrected chi connectivity index (χ0v) is 20.3. The molecule has 0 bridgehead atoms. The molecule has 1 N–H and O–H groups in total. The number of carbonyl (C=O) groups excluding carboxylic acids is 1. The minimum Gasteiger partial charge on any atom is -0.497 e. The van der Waals surface area contributed by atoms with E-state index >= 15 is 0 Å². The van der Waals surface area contributed by atoms with Crippen LogP contribution in [0.2, 0.25) is 0 Å². The number of hydrogen-bond donors (Lipinski definition) is 1. The van der Waals surface area contributed by atoms with Gasteiger partial charge in [0.1, 0.15) is 5.76 Å². The van der Waals surface area contributed by atoms with Crippen LogP contribution in [0, 0.1) is 0 Å². The van der Waals surface area contributed by atoms with Crippen LogP contribution in [0.3, 0.4) is 0 Å². The van der Waals surface area contributed by atoms with Gasteiger partial charge in [0.25, 0.3) is 15.9 Å². The zero-order valence-electron chi connectivity index (χ0n) is 18.6. The van der Waals surface area contributed by atoms with Crippen molar-refractivity contribution in [2.45, 2.75) is 23.8 Å². The number of thioether (sulfide) groups is 1. The molecule has 2 aliphatic heterocycles. The van der Waals surface area contributed by atoms with Crippen molar-refractivity contribution in [3.8, 4) is 0 Å². The van der Waals surface area contributed by atoms with Crippen molar-refractivity contribution in [2.24, 2.45) is 4.99 Å². The fraction of sp³-hybridized carbons (Fsp3) is 0.250. The van der Waals surface area contributed by atoms with Gasteiger partial charge in [-0.1, -0.05) is 30.0 Å². The average molecular weight is 498 g/mol. The first-order valence-corrected chi connectivity index (χ1v) is 13.0. The standard InChI is InChI=1S/C24H23N3O5S2/c1-31-20-13-18-22(14-21(20)32-2)33-24(25-18)26-23(28)16-7-9-17(10-8-16)34(29,30)27-12-11-15-5-3-4-6-19(15)27/h3-10,14,18H,11-13H2,1-2H3,(H,25,26,28). The van der Waals surface area contributed by atoms with Gasteiger partial charge in [0, 0.05) is 23.4 Å². The number of nitrogens with zero attached hydrogens (tertiary/aromatic N) is 2. The Balaban J connectivity index is 1.28. The summed E-state index contributed by atoms with van der Waals surface area (Å²) < 4.78 is 38.5. The lowest BCUT2D eigenvalue weighted by atomic mass is 10.1. The van der Waals surface area contributed by atoms with E-state index < -0.39 is 10.0 Å². The molecular formula is C24H23N3O5S2. The smallest absolute Gasteiger partial charge is 0.264 e. The largest absolute Gasteiger partial charge is 0.497 e. The molecule has 3 aliphatic rings. The molecule has 2 aromatic rings. The average Bonchev–Trinajstić information content (AvgIpc) is 3.46. The molecule has 8 nitrogen and oxygen atoms in total. The lowest BCUT2D eigenvalue weighted by Crippen LogP contribution is -2.29. The Morgan fingerprint density at radius 3 is 2.62 bits per heavy atom. The van der Waals surface area contributed by atoms with E-state index in [1.807, 2.05) is 30.3 Å². The summed E-state index contributed by atoms with van der Waals surface area (Å²) in [6, 6.07) is 13.3. The highest BCUT2D eigenvalue weighted by molar-refractivity contribution is 8.17. The molecule has 0 fully saturated rings. The second kappa shape index (κ2) is 8.84. The van der Waals surface area contributed by atoms with Gasteiger partial charge in [0.15, 0.2) is 10.9 Å². The Morgan fingerprint density at radius 2 is 1.88 bits per heavy atom. The molecule has 1 unspecified atom stereocenters. The number of sulfonamides is 1. The molecule has 1 aliphatic carbocycles. The minimum atomic E-state index is -3.71. The third-order valence-corrected chi connectivity index (χ3v) is 8.83. The van der Waals surface area contributed by atoms with Gasteiger partial charge >= 0.3 is 0 Å². The molecule has 0 radical (unpaired) electrons. The maximum Gasteiger partial charge on any atom is 0.264 e. The topological polar surface area (TPSA) is 97.3 Å². The summed E-state index contributed by atoms with van der Waals surface area (Å²) in [6.45, 7) is 0.405.